The molecule has 1 aromatic carbocycles. The lowest BCUT2D eigenvalue weighted by molar-refractivity contribution is -0.146. The van der Waals surface area contributed by atoms with Gasteiger partial charge in [-0.1, -0.05) is 19.1 Å². The Morgan fingerprint density at radius 2 is 1.81 bits per heavy atom. The van der Waals surface area contributed by atoms with Gasteiger partial charge in [-0.15, -0.1) is 0 Å². The predicted octanol–water partition coefficient (Wildman–Crippen LogP) is 3.16. The molecule has 0 aliphatic heterocycles. The van der Waals surface area contributed by atoms with Crippen LogP contribution in [0.25, 0.3) is 11.1 Å². The number of H-pyrrole nitrogens is 1. The molecule has 2 aromatic rings. The third-order valence-corrected chi connectivity index (χ3v) is 4.08. The number of aromatic amines is 1. The minimum absolute atomic E-state index is 0.000789. The third kappa shape index (κ3) is 4.58. The number of nitrogens with zero attached hydrogens (tertiary/aromatic N) is 1. The average Bonchev–Trinajstić information content (AvgIpc) is 3.05. The van der Waals surface area contributed by atoms with E-state index in [0.29, 0.717) is 5.56 Å². The summed E-state index contributed by atoms with van der Waals surface area (Å²) in [6.07, 6.45) is -0.682. The second-order valence-corrected chi connectivity index (χ2v) is 6.02. The summed E-state index contributed by atoms with van der Waals surface area (Å²) < 4.78 is 23.4. The van der Waals surface area contributed by atoms with E-state index in [2.05, 4.69) is 10.2 Å². The molecule has 0 saturated carbocycles. The van der Waals surface area contributed by atoms with Crippen molar-refractivity contribution in [2.45, 2.75) is 33.8 Å². The van der Waals surface area contributed by atoms with Gasteiger partial charge >= 0.3 is 11.9 Å². The van der Waals surface area contributed by atoms with Gasteiger partial charge in [0.1, 0.15) is 17.6 Å². The van der Waals surface area contributed by atoms with Gasteiger partial charge in [0.25, 0.3) is 0 Å². The second-order valence-electron chi connectivity index (χ2n) is 6.02. The highest BCUT2D eigenvalue weighted by Gasteiger charge is 2.31. The fourth-order valence-electron chi connectivity index (χ4n) is 2.56. The zero-order valence-electron chi connectivity index (χ0n) is 15.5. The van der Waals surface area contributed by atoms with E-state index in [0.717, 1.165) is 0 Å². The van der Waals surface area contributed by atoms with Crippen LogP contribution in [-0.2, 0) is 14.3 Å². The van der Waals surface area contributed by atoms with Crippen molar-refractivity contribution < 1.29 is 28.2 Å². The normalized spacial score (nSPS) is 12.9. The van der Waals surface area contributed by atoms with Gasteiger partial charge < -0.3 is 9.47 Å². The molecule has 2 rings (SSSR count). The van der Waals surface area contributed by atoms with E-state index in [1.54, 1.807) is 20.8 Å². The van der Waals surface area contributed by atoms with Crippen LogP contribution in [0, 0.1) is 11.7 Å². The van der Waals surface area contributed by atoms with Crippen LogP contribution in [-0.4, -0.2) is 40.6 Å². The second kappa shape index (κ2) is 8.57. The Kier molecular flexibility index (Phi) is 6.44. The van der Waals surface area contributed by atoms with Crippen LogP contribution in [0.2, 0.25) is 0 Å². The van der Waals surface area contributed by atoms with Crippen molar-refractivity contribution >= 4 is 17.7 Å². The maximum absolute atomic E-state index is 13.3. The molecule has 144 valence electrons. The van der Waals surface area contributed by atoms with Gasteiger partial charge in [-0.25, -0.2) is 9.18 Å². The highest BCUT2D eigenvalue weighted by atomic mass is 19.1. The monoisotopic (exact) mass is 376 g/mol. The quantitative estimate of drug-likeness (QED) is 0.589. The number of benzene rings is 1. The largest absolute Gasteiger partial charge is 0.462 e. The molecule has 0 amide bonds. The van der Waals surface area contributed by atoms with E-state index >= 15 is 0 Å². The van der Waals surface area contributed by atoms with E-state index in [4.69, 9.17) is 9.47 Å². The molecule has 0 radical (unpaired) electrons. The summed E-state index contributed by atoms with van der Waals surface area (Å²) in [6.45, 7) is 6.25. The zero-order valence-corrected chi connectivity index (χ0v) is 15.5. The van der Waals surface area contributed by atoms with Crippen LogP contribution < -0.4 is 0 Å². The van der Waals surface area contributed by atoms with Crippen molar-refractivity contribution in [3.05, 3.63) is 41.5 Å². The zero-order chi connectivity index (χ0) is 20.1. The molecule has 27 heavy (non-hydrogen) atoms. The summed E-state index contributed by atoms with van der Waals surface area (Å²) in [5.74, 6) is -2.76. The molecule has 0 fully saturated rings. The summed E-state index contributed by atoms with van der Waals surface area (Å²) in [7, 11) is 0. The molecule has 0 saturated heterocycles. The molecule has 1 heterocycles. The summed E-state index contributed by atoms with van der Waals surface area (Å²) >= 11 is 0. The number of hydrogen-bond acceptors (Lipinski definition) is 6. The number of ether oxygens (including phenoxy) is 2. The lowest BCUT2D eigenvalue weighted by Crippen LogP contribution is -2.28. The van der Waals surface area contributed by atoms with Gasteiger partial charge in [0.05, 0.1) is 12.5 Å². The Morgan fingerprint density at radius 3 is 2.37 bits per heavy atom. The molecule has 2 unspecified atom stereocenters. The van der Waals surface area contributed by atoms with Crippen LogP contribution >= 0.6 is 0 Å². The smallest absolute Gasteiger partial charge is 0.357 e. The first-order valence-electron chi connectivity index (χ1n) is 8.49. The molecular formula is C19H21FN2O5. The number of rotatable bonds is 7. The van der Waals surface area contributed by atoms with Crippen LogP contribution in [0.15, 0.2) is 24.3 Å². The summed E-state index contributed by atoms with van der Waals surface area (Å²) in [6, 6.07) is 5.33. The van der Waals surface area contributed by atoms with Crippen LogP contribution in [0.3, 0.4) is 0 Å². The first kappa shape index (κ1) is 20.3. The topological polar surface area (TPSA) is 98.4 Å². The Balaban J connectivity index is 2.50. The molecule has 0 spiro atoms. The predicted molar refractivity (Wildman–Crippen MR) is 94.7 cm³/mol. The fraction of sp³-hybridized carbons (Fsp3) is 0.368. The number of carbonyl (C=O) groups excluding carboxylic acids is 3. The van der Waals surface area contributed by atoms with E-state index in [1.165, 1.54) is 31.2 Å². The summed E-state index contributed by atoms with van der Waals surface area (Å²) in [5, 5.41) is 6.53. The van der Waals surface area contributed by atoms with Gasteiger partial charge in [-0.3, -0.25) is 14.7 Å². The summed E-state index contributed by atoms with van der Waals surface area (Å²) in [5.41, 5.74) is 0.652. The number of esters is 2. The average molecular weight is 376 g/mol. The van der Waals surface area contributed by atoms with E-state index in [9.17, 15) is 18.8 Å². The number of hydrogen-bond donors (Lipinski definition) is 1. The van der Waals surface area contributed by atoms with Gasteiger partial charge in [0, 0.05) is 12.5 Å². The lowest BCUT2D eigenvalue weighted by atomic mass is 9.93. The minimum Gasteiger partial charge on any atom is -0.462 e. The molecule has 0 aliphatic carbocycles. The van der Waals surface area contributed by atoms with Crippen LogP contribution in [0.4, 0.5) is 4.39 Å². The first-order valence-corrected chi connectivity index (χ1v) is 8.49. The van der Waals surface area contributed by atoms with Crippen molar-refractivity contribution in [3.63, 3.8) is 0 Å². The van der Waals surface area contributed by atoms with E-state index < -0.39 is 35.6 Å². The van der Waals surface area contributed by atoms with Crippen molar-refractivity contribution in [1.82, 2.24) is 10.2 Å². The molecule has 8 heteroatoms. The molecule has 1 N–H and O–H groups in total. The van der Waals surface area contributed by atoms with Crippen LogP contribution in [0.1, 0.15) is 48.7 Å². The van der Waals surface area contributed by atoms with E-state index in [-0.39, 0.29) is 23.6 Å². The van der Waals surface area contributed by atoms with Crippen LogP contribution in [0.5, 0.6) is 0 Å². The molecule has 1 aromatic heterocycles. The van der Waals surface area contributed by atoms with Gasteiger partial charge in [0.15, 0.2) is 11.5 Å². The number of ketones is 1. The SMILES string of the molecule is CCOC(=O)c1[nH]nc(C(=O)C(C)C(C)OC(C)=O)c1-c1ccc(F)cc1. The third-order valence-electron chi connectivity index (χ3n) is 4.08. The minimum atomic E-state index is -0.702. The standard InChI is InChI=1S/C19H21FN2O5/c1-5-26-19(25)17-15(13-6-8-14(20)9-7-13)16(21-22-17)18(24)10(2)11(3)27-12(4)23/h6-11H,5H2,1-4H3,(H,21,22). The maximum Gasteiger partial charge on any atom is 0.357 e. The van der Waals surface area contributed by atoms with Crippen molar-refractivity contribution in [1.29, 1.82) is 0 Å². The Hall–Kier alpha value is -3.03. The van der Waals surface area contributed by atoms with Gasteiger partial charge in [-0.05, 0) is 31.5 Å². The van der Waals surface area contributed by atoms with Crippen molar-refractivity contribution in [3.8, 4) is 11.1 Å². The number of Topliss-reactive ketones (excluding diaryl/α,β-unsaturated/α-hetero) is 1. The highest BCUT2D eigenvalue weighted by molar-refractivity contribution is 6.07. The molecule has 0 aliphatic rings. The molecule has 7 nitrogen and oxygen atoms in total. The Morgan fingerprint density at radius 1 is 1.19 bits per heavy atom. The molecular weight excluding hydrogens is 355 g/mol. The maximum atomic E-state index is 13.3. The van der Waals surface area contributed by atoms with Crippen molar-refractivity contribution in [2.75, 3.05) is 6.61 Å². The fourth-order valence-corrected chi connectivity index (χ4v) is 2.56. The number of aromatic nitrogens is 2. The van der Waals surface area contributed by atoms with Crippen molar-refractivity contribution in [2.24, 2.45) is 5.92 Å². The Labute approximate surface area is 155 Å². The number of carbonyl (C=O) groups is 3. The highest BCUT2D eigenvalue weighted by Crippen LogP contribution is 2.29. The van der Waals surface area contributed by atoms with Gasteiger partial charge in [0.2, 0.25) is 0 Å². The van der Waals surface area contributed by atoms with E-state index in [1.807, 2.05) is 0 Å². The van der Waals surface area contributed by atoms with Gasteiger partial charge in [-0.2, -0.15) is 5.10 Å². The molecule has 0 bridgehead atoms. The lowest BCUT2D eigenvalue weighted by Gasteiger charge is -2.18. The Bertz CT molecular complexity index is 844. The number of halogens is 1. The summed E-state index contributed by atoms with van der Waals surface area (Å²) in [4.78, 5) is 36.3. The first-order chi connectivity index (χ1) is 12.8. The molecule has 2 atom stereocenters. The number of nitrogens with one attached hydrogen (secondary N) is 1.